The zero-order valence-corrected chi connectivity index (χ0v) is 14.1. The molecule has 4 nitrogen and oxygen atoms in total. The molecule has 1 aromatic rings. The lowest BCUT2D eigenvalue weighted by Gasteiger charge is -2.36. The third-order valence-corrected chi connectivity index (χ3v) is 8.32. The molecule has 0 fully saturated rings. The van der Waals surface area contributed by atoms with Crippen molar-refractivity contribution in [3.05, 3.63) is 24.3 Å². The first kappa shape index (κ1) is 19.1. The zero-order valence-electron chi connectivity index (χ0n) is 12.5. The first-order valence-corrected chi connectivity index (χ1v) is 9.96. The molecule has 22 heavy (non-hydrogen) atoms. The van der Waals surface area contributed by atoms with Crippen molar-refractivity contribution < 1.29 is 30.0 Å². The van der Waals surface area contributed by atoms with Gasteiger partial charge in [0.25, 0.3) is 0 Å². The molecule has 9 heteroatoms. The molecule has 0 heterocycles. The molecule has 0 atom stereocenters. The van der Waals surface area contributed by atoms with Crippen LogP contribution in [0.3, 0.4) is 0 Å². The summed E-state index contributed by atoms with van der Waals surface area (Å²) in [4.78, 5) is 0.439. The lowest BCUT2D eigenvalue weighted by molar-refractivity contribution is -0.0496. The summed E-state index contributed by atoms with van der Waals surface area (Å²) in [7, 11) is -8.23. The van der Waals surface area contributed by atoms with Crippen molar-refractivity contribution in [2.24, 2.45) is 0 Å². The average Bonchev–Trinajstić information content (AvgIpc) is 2.45. The quantitative estimate of drug-likeness (QED) is 0.688. The van der Waals surface area contributed by atoms with Gasteiger partial charge in [-0.05, 0) is 31.2 Å². The van der Waals surface area contributed by atoms with Gasteiger partial charge >= 0.3 is 15.6 Å². The van der Waals surface area contributed by atoms with E-state index in [1.165, 1.54) is 0 Å². The first-order valence-electron chi connectivity index (χ1n) is 6.65. The molecule has 1 aromatic carbocycles. The number of halogens is 3. The number of alkyl halides is 3. The first-order chi connectivity index (χ1) is 10.1. The molecule has 128 valence electrons. The van der Waals surface area contributed by atoms with Crippen LogP contribution in [-0.2, 0) is 13.7 Å². The molecule has 0 N–H and O–H groups in total. The van der Waals surface area contributed by atoms with Crippen LogP contribution in [-0.4, -0.2) is 32.0 Å². The van der Waals surface area contributed by atoms with Crippen LogP contribution in [0.4, 0.5) is 13.2 Å². The highest BCUT2D eigenvalue weighted by molar-refractivity contribution is 8.33. The van der Waals surface area contributed by atoms with Gasteiger partial charge < -0.3 is 4.74 Å². The van der Waals surface area contributed by atoms with Gasteiger partial charge in [0.2, 0.25) is 0 Å². The van der Waals surface area contributed by atoms with Crippen molar-refractivity contribution >= 4 is 20.4 Å². The van der Waals surface area contributed by atoms with E-state index in [0.29, 0.717) is 17.3 Å². The molecule has 0 amide bonds. The summed E-state index contributed by atoms with van der Waals surface area (Å²) >= 11 is 0. The second kappa shape index (κ2) is 7.10. The standard InChI is InChI=1S/C13H19F3O4S2/c1-4-19-11-7-9-12(10-8-11)21(5-2,6-3)20-22(17,18)13(14,15)16/h7-10H,4-6H2,1-3H3. The molecule has 0 aliphatic heterocycles. The van der Waals surface area contributed by atoms with Crippen LogP contribution in [0.2, 0.25) is 0 Å². The summed E-state index contributed by atoms with van der Waals surface area (Å²) in [5.74, 6) is 0.880. The van der Waals surface area contributed by atoms with E-state index in [0.717, 1.165) is 0 Å². The zero-order chi connectivity index (χ0) is 17.0. The van der Waals surface area contributed by atoms with Crippen molar-refractivity contribution in [2.45, 2.75) is 31.2 Å². The minimum atomic E-state index is -5.64. The Morgan fingerprint density at radius 3 is 1.86 bits per heavy atom. The topological polar surface area (TPSA) is 52.6 Å². The SMILES string of the molecule is CCOc1ccc(S(CC)(CC)OS(=O)(=O)C(F)(F)F)cc1. The Balaban J connectivity index is 3.21. The van der Waals surface area contributed by atoms with Crippen molar-refractivity contribution in [1.29, 1.82) is 0 Å². The fourth-order valence-corrected chi connectivity index (χ4v) is 6.30. The number of benzene rings is 1. The Morgan fingerprint density at radius 2 is 1.50 bits per heavy atom. The molecule has 0 spiro atoms. The second-order valence-corrected chi connectivity index (χ2v) is 9.43. The molecule has 0 aliphatic rings. The van der Waals surface area contributed by atoms with Gasteiger partial charge in [0, 0.05) is 16.4 Å². The maximum Gasteiger partial charge on any atom is 0.523 e. The van der Waals surface area contributed by atoms with Crippen molar-refractivity contribution in [1.82, 2.24) is 0 Å². The van der Waals surface area contributed by atoms with Gasteiger partial charge in [0.05, 0.1) is 6.61 Å². The molecule has 1 rings (SSSR count). The Morgan fingerprint density at radius 1 is 1.00 bits per heavy atom. The highest BCUT2D eigenvalue weighted by atomic mass is 32.3. The minimum absolute atomic E-state index is 0.160. The summed E-state index contributed by atoms with van der Waals surface area (Å²) in [6.45, 7) is 5.49. The molecule has 0 bridgehead atoms. The predicted molar refractivity (Wildman–Crippen MR) is 80.6 cm³/mol. The highest BCUT2D eigenvalue weighted by Gasteiger charge is 2.50. The Hall–Kier alpha value is -0.930. The van der Waals surface area contributed by atoms with Gasteiger partial charge in [-0.25, -0.2) is 3.63 Å². The van der Waals surface area contributed by atoms with Gasteiger partial charge in [-0.2, -0.15) is 21.6 Å². The minimum Gasteiger partial charge on any atom is -0.494 e. The van der Waals surface area contributed by atoms with Crippen LogP contribution in [0.25, 0.3) is 0 Å². The summed E-state index contributed by atoms with van der Waals surface area (Å²) in [5.41, 5.74) is -5.43. The van der Waals surface area contributed by atoms with Crippen molar-refractivity contribution in [2.75, 3.05) is 18.1 Å². The summed E-state index contributed by atoms with van der Waals surface area (Å²) < 4.78 is 70.5. The highest BCUT2D eigenvalue weighted by Crippen LogP contribution is 2.59. The Kier molecular flexibility index (Phi) is 6.17. The van der Waals surface area contributed by atoms with E-state index < -0.39 is 25.9 Å². The van der Waals surface area contributed by atoms with Crippen molar-refractivity contribution in [3.63, 3.8) is 0 Å². The van der Waals surface area contributed by atoms with E-state index >= 15 is 0 Å². The lowest BCUT2D eigenvalue weighted by Crippen LogP contribution is -2.28. The fourth-order valence-electron chi connectivity index (χ4n) is 1.83. The third-order valence-electron chi connectivity index (χ3n) is 3.00. The van der Waals surface area contributed by atoms with E-state index in [1.807, 2.05) is 0 Å². The lowest BCUT2D eigenvalue weighted by atomic mass is 10.3. The Labute approximate surface area is 130 Å². The van der Waals surface area contributed by atoms with Gasteiger partial charge in [0.15, 0.2) is 0 Å². The Bertz CT molecular complexity index is 578. The van der Waals surface area contributed by atoms with Crippen LogP contribution in [0.15, 0.2) is 29.2 Å². The summed E-state index contributed by atoms with van der Waals surface area (Å²) in [5, 5.41) is 0. The van der Waals surface area contributed by atoms with Crippen LogP contribution in [0, 0.1) is 0 Å². The van der Waals surface area contributed by atoms with Gasteiger partial charge in [0.1, 0.15) is 5.75 Å². The van der Waals surface area contributed by atoms with E-state index in [9.17, 15) is 21.6 Å². The largest absolute Gasteiger partial charge is 0.523 e. The molecule has 0 saturated heterocycles. The van der Waals surface area contributed by atoms with Crippen LogP contribution >= 0.6 is 10.3 Å². The summed E-state index contributed by atoms with van der Waals surface area (Å²) in [6.07, 6.45) is 0. The number of hydrogen-bond donors (Lipinski definition) is 0. The van der Waals surface area contributed by atoms with E-state index in [-0.39, 0.29) is 11.5 Å². The maximum absolute atomic E-state index is 12.6. The molecular weight excluding hydrogens is 341 g/mol. The molecule has 0 aliphatic carbocycles. The second-order valence-electron chi connectivity index (χ2n) is 4.26. The maximum atomic E-state index is 12.6. The number of rotatable bonds is 7. The van der Waals surface area contributed by atoms with E-state index in [2.05, 4.69) is 3.63 Å². The van der Waals surface area contributed by atoms with Crippen LogP contribution in [0.5, 0.6) is 5.75 Å². The van der Waals surface area contributed by atoms with Crippen LogP contribution in [0.1, 0.15) is 20.8 Å². The third kappa shape index (κ3) is 4.08. The molecule has 0 unspecified atom stereocenters. The molecular formula is C13H19F3O4S2. The molecule has 0 radical (unpaired) electrons. The molecule has 0 aromatic heterocycles. The number of hydrogen-bond acceptors (Lipinski definition) is 4. The van der Waals surface area contributed by atoms with Gasteiger partial charge in [-0.1, -0.05) is 24.2 Å². The van der Waals surface area contributed by atoms with Crippen LogP contribution < -0.4 is 4.74 Å². The van der Waals surface area contributed by atoms with E-state index in [4.69, 9.17) is 4.74 Å². The number of ether oxygens (including phenoxy) is 1. The van der Waals surface area contributed by atoms with Gasteiger partial charge in [-0.3, -0.25) is 0 Å². The monoisotopic (exact) mass is 360 g/mol. The summed E-state index contributed by atoms with van der Waals surface area (Å²) in [6, 6.07) is 6.30. The molecule has 0 saturated carbocycles. The van der Waals surface area contributed by atoms with Gasteiger partial charge in [-0.15, -0.1) is 0 Å². The fraction of sp³-hybridized carbons (Fsp3) is 0.538. The predicted octanol–water partition coefficient (Wildman–Crippen LogP) is 4.07. The normalized spacial score (nSPS) is 13.9. The smallest absolute Gasteiger partial charge is 0.494 e. The van der Waals surface area contributed by atoms with Crippen molar-refractivity contribution in [3.8, 4) is 5.75 Å². The average molecular weight is 360 g/mol. The van der Waals surface area contributed by atoms with E-state index in [1.54, 1.807) is 45.0 Å².